The number of nitrogens with one attached hydrogen (secondary N) is 1. The number of aliphatic carboxylic acids is 1. The maximum Gasteiger partial charge on any atom is 0.362 e. The average molecular weight is 307 g/mol. The van der Waals surface area contributed by atoms with Crippen molar-refractivity contribution in [1.29, 1.82) is 0 Å². The molecule has 0 bridgehead atoms. The number of aromatic nitrogens is 2. The molecule has 0 fully saturated rings. The molecule has 1 rings (SSSR count). The number of carboxylic acid groups (broad SMARTS) is 1. The minimum atomic E-state index is -0.802. The summed E-state index contributed by atoms with van der Waals surface area (Å²) in [6, 6.07) is -0.484. The number of aromatic amines is 1. The van der Waals surface area contributed by atoms with Crippen LogP contribution in [0.5, 0.6) is 0 Å². The molecule has 1 aromatic rings. The molecule has 1 atom stereocenters. The number of halogens is 1. The summed E-state index contributed by atoms with van der Waals surface area (Å²) < 4.78 is 1.06. The van der Waals surface area contributed by atoms with Gasteiger partial charge in [0.25, 0.3) is 0 Å². The van der Waals surface area contributed by atoms with Crippen molar-refractivity contribution in [1.82, 2.24) is 9.97 Å². The smallest absolute Gasteiger partial charge is 0.362 e. The van der Waals surface area contributed by atoms with Gasteiger partial charge in [0, 0.05) is 0 Å². The number of rotatable bonds is 4. The van der Waals surface area contributed by atoms with Gasteiger partial charge >= 0.3 is 5.97 Å². The molecule has 1 heterocycles. The van der Waals surface area contributed by atoms with E-state index in [1.807, 2.05) is 35.0 Å². The SMILES string of the molecule is CC.C[N+](C)(C)C(Cc1[nH]cnc1Br)C(=O)O. The van der Waals surface area contributed by atoms with Crippen LogP contribution in [0, 0.1) is 0 Å². The first-order valence-electron chi connectivity index (χ1n) is 5.54. The Labute approximate surface area is 111 Å². The third-order valence-corrected chi connectivity index (χ3v) is 2.97. The summed E-state index contributed by atoms with van der Waals surface area (Å²) in [5, 5.41) is 9.13. The van der Waals surface area contributed by atoms with Gasteiger partial charge in [0.05, 0.1) is 39.6 Å². The monoisotopic (exact) mass is 306 g/mol. The molecule has 1 unspecified atom stereocenters. The molecular weight excluding hydrogens is 286 g/mol. The first-order chi connectivity index (χ1) is 7.82. The number of hydrogen-bond acceptors (Lipinski definition) is 2. The lowest BCUT2D eigenvalue weighted by molar-refractivity contribution is -0.887. The van der Waals surface area contributed by atoms with E-state index in [0.29, 0.717) is 15.5 Å². The van der Waals surface area contributed by atoms with E-state index in [1.165, 1.54) is 0 Å². The van der Waals surface area contributed by atoms with Gasteiger partial charge in [-0.05, 0) is 15.9 Å². The molecule has 17 heavy (non-hydrogen) atoms. The zero-order valence-corrected chi connectivity index (χ0v) is 12.6. The topological polar surface area (TPSA) is 66.0 Å². The standard InChI is InChI=1S/C9H14BrN3O2.C2H6/c1-13(2,3)7(9(14)15)4-6-8(10)12-5-11-6;1-2/h5,7H,4H2,1-3H3,(H-,11,12,14,15);1-2H3/p+1. The number of hydrogen-bond donors (Lipinski definition) is 2. The lowest BCUT2D eigenvalue weighted by Gasteiger charge is -2.30. The van der Waals surface area contributed by atoms with Gasteiger partial charge in [0.2, 0.25) is 0 Å². The Morgan fingerprint density at radius 3 is 2.35 bits per heavy atom. The van der Waals surface area contributed by atoms with Gasteiger partial charge in [0.1, 0.15) is 4.60 Å². The third kappa shape index (κ3) is 4.87. The van der Waals surface area contributed by atoms with E-state index in [2.05, 4.69) is 25.9 Å². The summed E-state index contributed by atoms with van der Waals surface area (Å²) in [5.41, 5.74) is 0.815. The quantitative estimate of drug-likeness (QED) is 0.835. The summed E-state index contributed by atoms with van der Waals surface area (Å²) in [6.07, 6.45) is 1.98. The predicted octanol–water partition coefficient (Wildman–Crippen LogP) is 1.90. The Morgan fingerprint density at radius 2 is 2.06 bits per heavy atom. The van der Waals surface area contributed by atoms with Crippen LogP contribution in [0.25, 0.3) is 0 Å². The van der Waals surface area contributed by atoms with Gasteiger partial charge in [-0.2, -0.15) is 0 Å². The molecule has 0 saturated heterocycles. The van der Waals surface area contributed by atoms with Crippen molar-refractivity contribution >= 4 is 21.9 Å². The maximum absolute atomic E-state index is 11.1. The molecule has 98 valence electrons. The molecule has 0 aromatic carbocycles. The van der Waals surface area contributed by atoms with Crippen molar-refractivity contribution in [2.45, 2.75) is 26.3 Å². The Balaban J connectivity index is 0.00000121. The van der Waals surface area contributed by atoms with Crippen LogP contribution in [0.4, 0.5) is 0 Å². The zero-order valence-electron chi connectivity index (χ0n) is 11.0. The molecular formula is C11H21BrN3O2+. The Hall–Kier alpha value is -0.880. The minimum absolute atomic E-state index is 0.376. The Kier molecular flexibility index (Phi) is 6.41. The normalized spacial score (nSPS) is 12.6. The minimum Gasteiger partial charge on any atom is -0.477 e. The van der Waals surface area contributed by atoms with Crippen LogP contribution in [0.1, 0.15) is 19.5 Å². The van der Waals surface area contributed by atoms with E-state index < -0.39 is 12.0 Å². The van der Waals surface area contributed by atoms with Crippen LogP contribution in [-0.4, -0.2) is 52.7 Å². The highest BCUT2D eigenvalue weighted by Crippen LogP contribution is 2.16. The highest BCUT2D eigenvalue weighted by atomic mass is 79.9. The van der Waals surface area contributed by atoms with E-state index >= 15 is 0 Å². The van der Waals surface area contributed by atoms with Crippen LogP contribution in [0.15, 0.2) is 10.9 Å². The number of quaternary nitrogens is 1. The molecule has 0 aliphatic carbocycles. The highest BCUT2D eigenvalue weighted by Gasteiger charge is 2.32. The fourth-order valence-electron chi connectivity index (χ4n) is 1.33. The van der Waals surface area contributed by atoms with Crippen LogP contribution in [0.3, 0.4) is 0 Å². The second kappa shape index (κ2) is 6.76. The van der Waals surface area contributed by atoms with E-state index in [0.717, 1.165) is 5.69 Å². The largest absolute Gasteiger partial charge is 0.477 e. The molecule has 0 saturated carbocycles. The molecule has 5 nitrogen and oxygen atoms in total. The van der Waals surface area contributed by atoms with Crippen LogP contribution >= 0.6 is 15.9 Å². The van der Waals surface area contributed by atoms with Crippen LogP contribution in [-0.2, 0) is 11.2 Å². The molecule has 6 heteroatoms. The Bertz CT molecular complexity index is 358. The fraction of sp³-hybridized carbons (Fsp3) is 0.636. The molecule has 0 aliphatic heterocycles. The van der Waals surface area contributed by atoms with Gasteiger partial charge in [-0.15, -0.1) is 0 Å². The number of carbonyl (C=O) groups is 1. The maximum atomic E-state index is 11.1. The molecule has 0 aliphatic rings. The number of nitrogens with zero attached hydrogens (tertiary/aromatic N) is 2. The van der Waals surface area contributed by atoms with Gasteiger partial charge in [0.15, 0.2) is 6.04 Å². The zero-order chi connectivity index (χ0) is 13.6. The van der Waals surface area contributed by atoms with Crippen molar-refractivity contribution in [3.8, 4) is 0 Å². The number of H-pyrrole nitrogens is 1. The lowest BCUT2D eigenvalue weighted by Crippen LogP contribution is -2.51. The van der Waals surface area contributed by atoms with Crippen molar-refractivity contribution in [2.75, 3.05) is 21.1 Å². The number of imidazole rings is 1. The van der Waals surface area contributed by atoms with Gasteiger partial charge in [-0.3, -0.25) is 0 Å². The first-order valence-corrected chi connectivity index (χ1v) is 6.33. The fourth-order valence-corrected chi connectivity index (χ4v) is 1.71. The van der Waals surface area contributed by atoms with E-state index in [1.54, 1.807) is 6.33 Å². The van der Waals surface area contributed by atoms with E-state index in [-0.39, 0.29) is 0 Å². The predicted molar refractivity (Wildman–Crippen MR) is 70.8 cm³/mol. The second-order valence-corrected chi connectivity index (χ2v) is 5.10. The average Bonchev–Trinajstić information content (AvgIpc) is 2.61. The molecule has 0 spiro atoms. The molecule has 0 radical (unpaired) electrons. The summed E-state index contributed by atoms with van der Waals surface area (Å²) in [6.45, 7) is 4.00. The summed E-state index contributed by atoms with van der Waals surface area (Å²) >= 11 is 3.27. The second-order valence-electron chi connectivity index (χ2n) is 4.35. The summed E-state index contributed by atoms with van der Waals surface area (Å²) in [7, 11) is 5.59. The van der Waals surface area contributed by atoms with Crippen molar-refractivity contribution in [3.63, 3.8) is 0 Å². The molecule has 1 aromatic heterocycles. The van der Waals surface area contributed by atoms with E-state index in [9.17, 15) is 4.79 Å². The number of carboxylic acids is 1. The highest BCUT2D eigenvalue weighted by molar-refractivity contribution is 9.10. The summed E-state index contributed by atoms with van der Waals surface area (Å²) in [4.78, 5) is 18.0. The lowest BCUT2D eigenvalue weighted by atomic mass is 10.1. The van der Waals surface area contributed by atoms with Crippen molar-refractivity contribution < 1.29 is 14.4 Å². The van der Waals surface area contributed by atoms with Gasteiger partial charge in [-0.25, -0.2) is 9.78 Å². The number of likely N-dealkylation sites (N-methyl/N-ethyl adjacent to an activating group) is 1. The molecule has 0 amide bonds. The van der Waals surface area contributed by atoms with E-state index in [4.69, 9.17) is 5.11 Å². The van der Waals surface area contributed by atoms with Gasteiger partial charge in [-0.1, -0.05) is 13.8 Å². The van der Waals surface area contributed by atoms with Crippen LogP contribution < -0.4 is 0 Å². The van der Waals surface area contributed by atoms with Crippen LogP contribution in [0.2, 0.25) is 0 Å². The van der Waals surface area contributed by atoms with Gasteiger partial charge < -0.3 is 14.6 Å². The summed E-state index contributed by atoms with van der Waals surface area (Å²) in [5.74, 6) is -0.802. The van der Waals surface area contributed by atoms with Crippen molar-refractivity contribution in [3.05, 3.63) is 16.6 Å². The Morgan fingerprint density at radius 1 is 1.53 bits per heavy atom. The molecule has 2 N–H and O–H groups in total. The van der Waals surface area contributed by atoms with Crippen molar-refractivity contribution in [2.24, 2.45) is 0 Å². The third-order valence-electron chi connectivity index (χ3n) is 2.28. The first kappa shape index (κ1) is 16.1.